The molecule has 1 unspecified atom stereocenters. The molecule has 0 aromatic heterocycles. The molecule has 3 heteroatoms. The Hall–Kier alpha value is -1.14. The Morgan fingerprint density at radius 2 is 1.83 bits per heavy atom. The van der Waals surface area contributed by atoms with E-state index in [9.17, 15) is 4.21 Å². The van der Waals surface area contributed by atoms with Gasteiger partial charge >= 0.3 is 0 Å². The maximum absolute atomic E-state index is 12.1. The minimum atomic E-state index is -1.00. The third-order valence-corrected chi connectivity index (χ3v) is 4.40. The molecular weight excluding hydrogens is 242 g/mol. The normalized spacial score (nSPS) is 13.3. The minimum absolute atomic E-state index is 0.395. The van der Waals surface area contributed by atoms with Gasteiger partial charge in [-0.05, 0) is 43.9 Å². The van der Waals surface area contributed by atoms with Gasteiger partial charge in [0.05, 0.1) is 22.3 Å². The van der Waals surface area contributed by atoms with Gasteiger partial charge in [-0.1, -0.05) is 26.0 Å². The van der Waals surface area contributed by atoms with E-state index in [2.05, 4.69) is 19.9 Å². The van der Waals surface area contributed by atoms with Crippen LogP contribution in [-0.4, -0.2) is 9.96 Å². The zero-order valence-electron chi connectivity index (χ0n) is 11.6. The van der Waals surface area contributed by atoms with Crippen LogP contribution in [0, 0.1) is 16.7 Å². The minimum Gasteiger partial charge on any atom is -0.254 e. The topological polar surface area (TPSA) is 40.9 Å². The first-order chi connectivity index (χ1) is 8.35. The Bertz CT molecular complexity index is 454. The molecule has 1 rings (SSSR count). The first kappa shape index (κ1) is 14.9. The Labute approximate surface area is 112 Å². The van der Waals surface area contributed by atoms with Crippen molar-refractivity contribution in [3.8, 4) is 6.07 Å². The van der Waals surface area contributed by atoms with Gasteiger partial charge in [-0.25, -0.2) is 0 Å². The quantitative estimate of drug-likeness (QED) is 0.809. The van der Waals surface area contributed by atoms with Crippen molar-refractivity contribution in [2.45, 2.75) is 44.9 Å². The van der Waals surface area contributed by atoms with Crippen LogP contribution in [0.25, 0.3) is 0 Å². The zero-order valence-corrected chi connectivity index (χ0v) is 12.4. The second-order valence-electron chi connectivity index (χ2n) is 5.52. The summed E-state index contributed by atoms with van der Waals surface area (Å²) in [5.41, 5.74) is 0.862. The summed E-state index contributed by atoms with van der Waals surface area (Å²) < 4.78 is 12.1. The fourth-order valence-electron chi connectivity index (χ4n) is 1.53. The fourth-order valence-corrected chi connectivity index (χ4v) is 2.90. The maximum Gasteiger partial charge on any atom is 0.0684 e. The Morgan fingerprint density at radius 3 is 2.28 bits per heavy atom. The molecule has 1 aromatic rings. The molecule has 2 nitrogen and oxygen atoms in total. The average molecular weight is 263 g/mol. The molecule has 0 radical (unpaired) electrons. The SMILES string of the molecule is CC(C)c1ccc(S(=O)CCC(C)(C)C#N)cc1. The lowest BCUT2D eigenvalue weighted by Crippen LogP contribution is -2.12. The second-order valence-corrected chi connectivity index (χ2v) is 7.09. The summed E-state index contributed by atoms with van der Waals surface area (Å²) in [4.78, 5) is 0.855. The van der Waals surface area contributed by atoms with Gasteiger partial charge in [0, 0.05) is 10.6 Å². The predicted molar refractivity (Wildman–Crippen MR) is 75.8 cm³/mol. The molecule has 0 bridgehead atoms. The first-order valence-electron chi connectivity index (χ1n) is 6.25. The van der Waals surface area contributed by atoms with Crippen LogP contribution in [0.15, 0.2) is 29.2 Å². The monoisotopic (exact) mass is 263 g/mol. The lowest BCUT2D eigenvalue weighted by Gasteiger charge is -2.14. The number of benzene rings is 1. The molecule has 0 aliphatic carbocycles. The average Bonchev–Trinajstić information content (AvgIpc) is 2.36. The van der Waals surface area contributed by atoms with E-state index in [0.717, 1.165) is 4.90 Å². The number of nitriles is 1. The second kappa shape index (κ2) is 6.15. The highest BCUT2D eigenvalue weighted by Crippen LogP contribution is 2.21. The summed E-state index contributed by atoms with van der Waals surface area (Å²) in [5, 5.41) is 8.93. The maximum atomic E-state index is 12.1. The molecule has 0 aliphatic rings. The summed E-state index contributed by atoms with van der Waals surface area (Å²) in [6.45, 7) is 8.04. The highest BCUT2D eigenvalue weighted by molar-refractivity contribution is 7.85. The number of nitrogens with zero attached hydrogens (tertiary/aromatic N) is 1. The molecule has 0 aliphatic heterocycles. The summed E-state index contributed by atoms with van der Waals surface area (Å²) >= 11 is 0. The highest BCUT2D eigenvalue weighted by Gasteiger charge is 2.18. The van der Waals surface area contributed by atoms with Gasteiger partial charge in [-0.2, -0.15) is 5.26 Å². The third-order valence-electron chi connectivity index (χ3n) is 3.02. The Balaban J connectivity index is 2.66. The smallest absolute Gasteiger partial charge is 0.0684 e. The lowest BCUT2D eigenvalue weighted by molar-refractivity contribution is 0.479. The van der Waals surface area contributed by atoms with Crippen molar-refractivity contribution in [1.82, 2.24) is 0 Å². The lowest BCUT2D eigenvalue weighted by atomic mass is 9.93. The summed E-state index contributed by atoms with van der Waals surface area (Å²) in [5.74, 6) is 1.03. The number of hydrogen-bond acceptors (Lipinski definition) is 2. The first-order valence-corrected chi connectivity index (χ1v) is 7.57. The van der Waals surface area contributed by atoms with Gasteiger partial charge in [0.25, 0.3) is 0 Å². The van der Waals surface area contributed by atoms with E-state index in [4.69, 9.17) is 5.26 Å². The van der Waals surface area contributed by atoms with E-state index in [1.807, 2.05) is 38.1 Å². The van der Waals surface area contributed by atoms with E-state index in [1.54, 1.807) is 0 Å². The van der Waals surface area contributed by atoms with Crippen molar-refractivity contribution < 1.29 is 4.21 Å². The van der Waals surface area contributed by atoms with Crippen LogP contribution in [0.4, 0.5) is 0 Å². The van der Waals surface area contributed by atoms with Gasteiger partial charge in [0.2, 0.25) is 0 Å². The molecule has 0 amide bonds. The number of hydrogen-bond donors (Lipinski definition) is 0. The zero-order chi connectivity index (χ0) is 13.8. The standard InChI is InChI=1S/C15H21NOS/c1-12(2)13-5-7-14(8-6-13)18(17)10-9-15(3,4)11-16/h5-8,12H,9-10H2,1-4H3. The van der Waals surface area contributed by atoms with Gasteiger partial charge in [-0.3, -0.25) is 4.21 Å². The van der Waals surface area contributed by atoms with Crippen molar-refractivity contribution >= 4 is 10.8 Å². The van der Waals surface area contributed by atoms with Gasteiger partial charge in [0.1, 0.15) is 0 Å². The van der Waals surface area contributed by atoms with Crippen LogP contribution in [0.3, 0.4) is 0 Å². The largest absolute Gasteiger partial charge is 0.254 e. The molecular formula is C15H21NOS. The van der Waals surface area contributed by atoms with E-state index >= 15 is 0 Å². The molecule has 1 atom stereocenters. The summed E-state index contributed by atoms with van der Waals surface area (Å²) in [7, 11) is -1.00. The Morgan fingerprint density at radius 1 is 1.28 bits per heavy atom. The van der Waals surface area contributed by atoms with Gasteiger partial charge < -0.3 is 0 Å². The van der Waals surface area contributed by atoms with Gasteiger partial charge in [-0.15, -0.1) is 0 Å². The fraction of sp³-hybridized carbons (Fsp3) is 0.533. The van der Waals surface area contributed by atoms with Crippen molar-refractivity contribution in [2.75, 3.05) is 5.75 Å². The van der Waals surface area contributed by atoms with Crippen LogP contribution >= 0.6 is 0 Å². The van der Waals surface area contributed by atoms with Gasteiger partial charge in [0.15, 0.2) is 0 Å². The van der Waals surface area contributed by atoms with E-state index in [0.29, 0.717) is 18.1 Å². The van der Waals surface area contributed by atoms with Crippen LogP contribution in [0.5, 0.6) is 0 Å². The molecule has 0 N–H and O–H groups in total. The molecule has 1 aromatic carbocycles. The summed E-state index contributed by atoms with van der Waals surface area (Å²) in [6, 6.07) is 10.2. The van der Waals surface area contributed by atoms with Crippen molar-refractivity contribution in [1.29, 1.82) is 5.26 Å². The molecule has 0 heterocycles. The molecule has 0 spiro atoms. The van der Waals surface area contributed by atoms with E-state index < -0.39 is 16.2 Å². The molecule has 0 saturated carbocycles. The van der Waals surface area contributed by atoms with Crippen LogP contribution < -0.4 is 0 Å². The van der Waals surface area contributed by atoms with Crippen molar-refractivity contribution in [2.24, 2.45) is 5.41 Å². The summed E-state index contributed by atoms with van der Waals surface area (Å²) in [6.07, 6.45) is 0.655. The molecule has 0 saturated heterocycles. The Kier molecular flexibility index (Phi) is 5.10. The molecule has 18 heavy (non-hydrogen) atoms. The van der Waals surface area contributed by atoms with Crippen molar-refractivity contribution in [3.63, 3.8) is 0 Å². The van der Waals surface area contributed by atoms with Crippen LogP contribution in [0.2, 0.25) is 0 Å². The van der Waals surface area contributed by atoms with E-state index in [-0.39, 0.29) is 0 Å². The molecule has 98 valence electrons. The van der Waals surface area contributed by atoms with E-state index in [1.165, 1.54) is 5.56 Å². The molecule has 0 fully saturated rings. The predicted octanol–water partition coefficient (Wildman–Crippen LogP) is 3.86. The third kappa shape index (κ3) is 4.27. The van der Waals surface area contributed by atoms with Crippen LogP contribution in [-0.2, 0) is 10.8 Å². The highest BCUT2D eigenvalue weighted by atomic mass is 32.2. The van der Waals surface area contributed by atoms with Crippen molar-refractivity contribution in [3.05, 3.63) is 29.8 Å². The van der Waals surface area contributed by atoms with Crippen LogP contribution in [0.1, 0.15) is 45.6 Å². The number of rotatable bonds is 5.